The molecular formula is C29H45ClO12. The molecule has 0 radical (unpaired) electrons. The number of ether oxygens (including phenoxy) is 4. The van der Waals surface area contributed by atoms with Crippen molar-refractivity contribution in [3.63, 3.8) is 0 Å². The highest BCUT2D eigenvalue weighted by Crippen LogP contribution is 2.09. The van der Waals surface area contributed by atoms with E-state index in [0.717, 1.165) is 18.9 Å². The number of rotatable bonds is 14. The number of aliphatic carboxylic acids is 2. The third-order valence-electron chi connectivity index (χ3n) is 3.77. The molecule has 0 aromatic carbocycles. The summed E-state index contributed by atoms with van der Waals surface area (Å²) >= 11 is 5.25. The van der Waals surface area contributed by atoms with Crippen molar-refractivity contribution < 1.29 is 58.2 Å². The zero-order chi connectivity index (χ0) is 33.7. The van der Waals surface area contributed by atoms with Gasteiger partial charge in [-0.25, -0.2) is 24.0 Å². The van der Waals surface area contributed by atoms with Crippen LogP contribution in [0.25, 0.3) is 0 Å². The molecule has 0 aliphatic carbocycles. The smallest absolute Gasteiger partial charge is 0.333 e. The summed E-state index contributed by atoms with van der Waals surface area (Å²) in [6.45, 7) is 24.8. The summed E-state index contributed by atoms with van der Waals surface area (Å²) in [4.78, 5) is 50.7. The molecule has 12 nitrogen and oxygen atoms in total. The van der Waals surface area contributed by atoms with E-state index in [4.69, 9.17) is 41.1 Å². The fourth-order valence-electron chi connectivity index (χ4n) is 1.37. The van der Waals surface area contributed by atoms with Crippen LogP contribution in [0.4, 0.5) is 0 Å². The van der Waals surface area contributed by atoms with Crippen molar-refractivity contribution in [1.29, 1.82) is 0 Å². The van der Waals surface area contributed by atoms with Crippen molar-refractivity contribution in [2.45, 2.75) is 65.0 Å². The van der Waals surface area contributed by atoms with Gasteiger partial charge in [0, 0.05) is 28.9 Å². The van der Waals surface area contributed by atoms with Crippen molar-refractivity contribution in [2.24, 2.45) is 0 Å². The number of hydrogen-bond donors (Lipinski definition) is 3. The number of carbonyl (C=O) groups excluding carboxylic acids is 3. The van der Waals surface area contributed by atoms with E-state index in [1.165, 1.54) is 13.0 Å². The molecule has 42 heavy (non-hydrogen) atoms. The van der Waals surface area contributed by atoms with Gasteiger partial charge in [0.15, 0.2) is 0 Å². The number of carboxylic acids is 2. The Kier molecular flexibility index (Phi) is 32.6. The van der Waals surface area contributed by atoms with Crippen molar-refractivity contribution in [3.8, 4) is 0 Å². The number of aliphatic hydroxyl groups is 1. The van der Waals surface area contributed by atoms with Gasteiger partial charge < -0.3 is 34.3 Å². The van der Waals surface area contributed by atoms with Crippen LogP contribution < -0.4 is 0 Å². The molecule has 2 atom stereocenters. The summed E-state index contributed by atoms with van der Waals surface area (Å²) < 4.78 is 19.0. The molecule has 2 unspecified atom stereocenters. The fourth-order valence-corrected chi connectivity index (χ4v) is 1.53. The number of alkyl halides is 1. The first-order valence-corrected chi connectivity index (χ1v) is 13.0. The largest absolute Gasteiger partial charge is 0.478 e. The second-order valence-corrected chi connectivity index (χ2v) is 8.68. The van der Waals surface area contributed by atoms with Gasteiger partial charge in [-0.1, -0.05) is 57.8 Å². The highest BCUT2D eigenvalue weighted by atomic mass is 35.5. The van der Waals surface area contributed by atoms with Crippen LogP contribution in [-0.2, 0) is 42.9 Å². The lowest BCUT2D eigenvalue weighted by molar-refractivity contribution is -0.140. The zero-order valence-corrected chi connectivity index (χ0v) is 25.7. The Labute approximate surface area is 252 Å². The van der Waals surface area contributed by atoms with Crippen molar-refractivity contribution in [1.82, 2.24) is 0 Å². The predicted octanol–water partition coefficient (Wildman–Crippen LogP) is 4.37. The van der Waals surface area contributed by atoms with Crippen LogP contribution >= 0.6 is 11.6 Å². The monoisotopic (exact) mass is 620 g/mol. The Bertz CT molecular complexity index is 877. The average molecular weight is 621 g/mol. The van der Waals surface area contributed by atoms with Crippen molar-refractivity contribution in [3.05, 3.63) is 61.8 Å². The molecule has 0 aromatic heterocycles. The predicted molar refractivity (Wildman–Crippen MR) is 159 cm³/mol. The summed E-state index contributed by atoms with van der Waals surface area (Å²) in [5.74, 6) is -2.99. The topological polar surface area (TPSA) is 186 Å². The van der Waals surface area contributed by atoms with E-state index >= 15 is 0 Å². The van der Waals surface area contributed by atoms with Gasteiger partial charge in [-0.15, -0.1) is 0 Å². The Morgan fingerprint density at radius 2 is 1.31 bits per heavy atom. The zero-order valence-electron chi connectivity index (χ0n) is 24.9. The number of unbranched alkanes of at least 4 members (excludes halogenated alkanes) is 1. The van der Waals surface area contributed by atoms with Crippen LogP contribution in [0.5, 0.6) is 0 Å². The molecule has 13 heteroatoms. The van der Waals surface area contributed by atoms with E-state index in [1.807, 2.05) is 6.92 Å². The molecule has 0 spiro atoms. The maximum atomic E-state index is 10.8. The molecule has 1 saturated heterocycles. The Morgan fingerprint density at radius 1 is 0.881 bits per heavy atom. The molecule has 0 bridgehead atoms. The second-order valence-electron chi connectivity index (χ2n) is 8.18. The summed E-state index contributed by atoms with van der Waals surface area (Å²) in [6, 6.07) is 0. The number of aliphatic hydroxyl groups excluding tert-OH is 1. The average Bonchev–Trinajstić information content (AvgIpc) is 3.75. The van der Waals surface area contributed by atoms with Crippen molar-refractivity contribution >= 4 is 41.4 Å². The van der Waals surface area contributed by atoms with E-state index in [-0.39, 0.29) is 30.2 Å². The maximum Gasteiger partial charge on any atom is 0.333 e. The van der Waals surface area contributed by atoms with Crippen LogP contribution in [0.3, 0.4) is 0 Å². The number of carbonyl (C=O) groups is 5. The summed E-state index contributed by atoms with van der Waals surface area (Å²) in [5.41, 5.74) is 0.130. The number of carboxylic acid groups (broad SMARTS) is 2. The van der Waals surface area contributed by atoms with Crippen LogP contribution in [0.15, 0.2) is 61.8 Å². The van der Waals surface area contributed by atoms with Gasteiger partial charge >= 0.3 is 29.8 Å². The molecule has 3 N–H and O–H groups in total. The summed E-state index contributed by atoms with van der Waals surface area (Å²) in [5, 5.41) is 24.1. The SMILES string of the molecule is C=C(C)C(=O)O.C=C(C)C(=O)OCC1CO1.C=C(C)C(=O)OCCCC(O)Cl.C=CC(=O)O.C=CC(=O)OCCCC. The highest BCUT2D eigenvalue weighted by molar-refractivity contribution is 6.19. The Balaban J connectivity index is -0.000000222. The van der Waals surface area contributed by atoms with E-state index in [2.05, 4.69) is 37.6 Å². The van der Waals surface area contributed by atoms with Gasteiger partial charge in [0.1, 0.15) is 18.3 Å². The molecular weight excluding hydrogens is 576 g/mol. The molecule has 0 saturated carbocycles. The lowest BCUT2D eigenvalue weighted by Crippen LogP contribution is -2.09. The van der Waals surface area contributed by atoms with Crippen LogP contribution in [0, 0.1) is 0 Å². The van der Waals surface area contributed by atoms with Gasteiger partial charge in [0.05, 0.1) is 19.8 Å². The maximum absolute atomic E-state index is 10.8. The summed E-state index contributed by atoms with van der Waals surface area (Å²) in [6.07, 6.45) is 5.11. The first-order valence-electron chi connectivity index (χ1n) is 12.6. The molecule has 240 valence electrons. The van der Waals surface area contributed by atoms with Crippen LogP contribution in [0.1, 0.15) is 53.4 Å². The fraction of sp³-hybridized carbons (Fsp3) is 0.483. The van der Waals surface area contributed by atoms with Gasteiger partial charge in [-0.05, 0) is 40.0 Å². The highest BCUT2D eigenvalue weighted by Gasteiger charge is 2.24. The quantitative estimate of drug-likeness (QED) is 0.0622. The molecule has 1 heterocycles. The molecule has 0 amide bonds. The number of epoxide rings is 1. The molecule has 1 aliphatic rings. The number of halogens is 1. The van der Waals surface area contributed by atoms with Crippen molar-refractivity contribution in [2.75, 3.05) is 26.4 Å². The van der Waals surface area contributed by atoms with E-state index in [1.54, 1.807) is 13.8 Å². The lowest BCUT2D eigenvalue weighted by atomic mass is 10.3. The van der Waals surface area contributed by atoms with E-state index in [9.17, 15) is 24.0 Å². The molecule has 1 fully saturated rings. The standard InChI is InChI=1S/C8H13ClO3.C7H10O3.C7H12O2.C4H6O2.C3H4O2/c1-6(2)8(11)12-5-3-4-7(9)10;1-5(2)7(8)10-4-6-3-9-6;1-3-5-6-9-7(8)4-2;1-3(2)4(5)6;1-2-3(4)5/h7,10H,1,3-5H2,2H3;6H,1,3-4H2,2H3;4H,2-3,5-6H2,1H3;1H2,2H3,(H,5,6);2H,1H2,(H,4,5). The number of esters is 3. The molecule has 1 rings (SSSR count). The second kappa shape index (κ2) is 30.2. The van der Waals surface area contributed by atoms with Crippen LogP contribution in [0.2, 0.25) is 0 Å². The third-order valence-corrected chi connectivity index (χ3v) is 3.99. The van der Waals surface area contributed by atoms with E-state index in [0.29, 0.717) is 43.8 Å². The van der Waals surface area contributed by atoms with Gasteiger partial charge in [-0.3, -0.25) is 0 Å². The summed E-state index contributed by atoms with van der Waals surface area (Å²) in [7, 11) is 0. The Hall–Kier alpha value is -3.74. The minimum atomic E-state index is -0.981. The van der Waals surface area contributed by atoms with Gasteiger partial charge in [-0.2, -0.15) is 0 Å². The molecule has 1 aliphatic heterocycles. The lowest BCUT2D eigenvalue weighted by Gasteiger charge is -2.04. The first-order chi connectivity index (χ1) is 19.5. The van der Waals surface area contributed by atoms with E-state index < -0.39 is 23.5 Å². The third kappa shape index (κ3) is 43.3. The number of hydrogen-bond acceptors (Lipinski definition) is 10. The minimum Gasteiger partial charge on any atom is -0.478 e. The van der Waals surface area contributed by atoms with Gasteiger partial charge in [0.2, 0.25) is 0 Å². The van der Waals surface area contributed by atoms with Gasteiger partial charge in [0.25, 0.3) is 0 Å². The molecule has 0 aromatic rings. The Morgan fingerprint density at radius 3 is 1.62 bits per heavy atom. The minimum absolute atomic E-state index is 0.142. The van der Waals surface area contributed by atoms with Crippen LogP contribution in [-0.4, -0.2) is 83.3 Å². The normalized spacial score (nSPS) is 12.4. The first kappa shape index (κ1) is 45.3.